The summed E-state index contributed by atoms with van der Waals surface area (Å²) in [7, 11) is 0. The molecular weight excluding hydrogens is 474 g/mol. The van der Waals surface area contributed by atoms with Gasteiger partial charge in [0.25, 0.3) is 0 Å². The summed E-state index contributed by atoms with van der Waals surface area (Å²) in [6, 6.07) is 1.68. The zero-order valence-electron chi connectivity index (χ0n) is 20.0. The molecule has 0 unspecified atom stereocenters. The third kappa shape index (κ3) is 5.36. The molecule has 4 aromatic rings. The van der Waals surface area contributed by atoms with Crippen molar-refractivity contribution in [2.75, 3.05) is 11.9 Å². The van der Waals surface area contributed by atoms with Crippen molar-refractivity contribution in [3.05, 3.63) is 42.1 Å². The van der Waals surface area contributed by atoms with Crippen LogP contribution in [0.3, 0.4) is 0 Å². The molecule has 1 fully saturated rings. The Labute approximate surface area is 205 Å². The van der Waals surface area contributed by atoms with Crippen molar-refractivity contribution < 1.29 is 23.0 Å². The molecule has 4 heterocycles. The number of alkyl halides is 2. The molecule has 0 aromatic carbocycles. The van der Waals surface area contributed by atoms with Crippen molar-refractivity contribution in [1.29, 1.82) is 0 Å². The summed E-state index contributed by atoms with van der Waals surface area (Å²) in [6.45, 7) is 0.799. The maximum atomic E-state index is 12.4. The maximum Gasteiger partial charge on any atom is 0.345 e. The summed E-state index contributed by atoms with van der Waals surface area (Å²) in [6.07, 6.45) is 8.25. The Balaban J connectivity index is 1.46. The van der Waals surface area contributed by atoms with Crippen LogP contribution in [0.5, 0.6) is 0 Å². The van der Waals surface area contributed by atoms with E-state index in [0.717, 1.165) is 48.0 Å². The van der Waals surface area contributed by atoms with E-state index < -0.39 is 12.7 Å². The van der Waals surface area contributed by atoms with Gasteiger partial charge in [-0.1, -0.05) is 0 Å². The lowest BCUT2D eigenvalue weighted by atomic mass is 9.85. The van der Waals surface area contributed by atoms with E-state index in [1.165, 1.54) is 0 Å². The molecule has 0 radical (unpaired) electrons. The number of ether oxygens (including phenoxy) is 1. The van der Waals surface area contributed by atoms with Gasteiger partial charge in [0.15, 0.2) is 0 Å². The first-order valence-electron chi connectivity index (χ1n) is 11.9. The number of halogens is 2. The number of fused-ring (bicyclic) bond motifs is 1. The van der Waals surface area contributed by atoms with Crippen LogP contribution in [0.2, 0.25) is 0 Å². The largest absolute Gasteiger partial charge is 0.424 e. The fraction of sp³-hybridized carbons (Fsp3) is 0.522. The van der Waals surface area contributed by atoms with E-state index in [0.29, 0.717) is 24.3 Å². The van der Waals surface area contributed by atoms with Crippen LogP contribution in [0.1, 0.15) is 56.0 Å². The molecule has 1 aliphatic rings. The number of hydrogen-bond donors (Lipinski definition) is 2. The monoisotopic (exact) mass is 502 g/mol. The number of aromatic nitrogens is 7. The highest BCUT2D eigenvalue weighted by Gasteiger charge is 2.26. The number of hydrogen-bond acceptors (Lipinski definition) is 9. The normalized spacial score (nSPS) is 19.3. The van der Waals surface area contributed by atoms with Gasteiger partial charge in [0, 0.05) is 41.9 Å². The summed E-state index contributed by atoms with van der Waals surface area (Å²) in [5, 5.41) is 30.0. The molecule has 13 heteroatoms. The SMILES string of the molecule is Cc1nnc(Cn2cc(-c3cc([C@H]4CC[C@H](O)CC4)n4nc(N[C@@H](C)COC(F)F)ncc34)cn2)o1. The fourth-order valence-corrected chi connectivity index (χ4v) is 4.58. The van der Waals surface area contributed by atoms with Crippen molar-refractivity contribution in [3.8, 4) is 11.1 Å². The molecule has 1 saturated carbocycles. The molecule has 0 saturated heterocycles. The van der Waals surface area contributed by atoms with Gasteiger partial charge < -0.3 is 19.6 Å². The molecule has 192 valence electrons. The number of aliphatic hydroxyl groups is 1. The topological polar surface area (TPSA) is 128 Å². The number of aryl methyl sites for hydroxylation is 1. The van der Waals surface area contributed by atoms with E-state index in [1.807, 2.05) is 10.7 Å². The lowest BCUT2D eigenvalue weighted by Crippen LogP contribution is -2.25. The standard InChI is InChI=1S/C23H28F2N8O3/c1-13(12-35-22(24)25)28-23-26-9-20-18(7-19(33(20)31-23)15-3-5-17(34)6-4-15)16-8-27-32(10-16)11-21-30-29-14(2)36-21/h7-10,13,15,17,22,34H,3-6,11-12H2,1-2H3,(H,28,31)/t13-,15-,17-/m0/s1. The highest BCUT2D eigenvalue weighted by molar-refractivity contribution is 5.81. The molecule has 1 atom stereocenters. The second kappa shape index (κ2) is 10.3. The summed E-state index contributed by atoms with van der Waals surface area (Å²) in [5.41, 5.74) is 3.61. The first kappa shape index (κ1) is 24.3. The van der Waals surface area contributed by atoms with Gasteiger partial charge in [-0.25, -0.2) is 9.50 Å². The minimum atomic E-state index is -2.83. The van der Waals surface area contributed by atoms with E-state index in [-0.39, 0.29) is 18.6 Å². The number of rotatable bonds is 9. The summed E-state index contributed by atoms with van der Waals surface area (Å²) < 4.78 is 38.2. The predicted molar refractivity (Wildman–Crippen MR) is 125 cm³/mol. The van der Waals surface area contributed by atoms with Crippen molar-refractivity contribution in [1.82, 2.24) is 34.6 Å². The molecular formula is C23H28F2N8O3. The van der Waals surface area contributed by atoms with Gasteiger partial charge >= 0.3 is 6.61 Å². The molecule has 4 aromatic heterocycles. The Morgan fingerprint density at radius 3 is 2.75 bits per heavy atom. The van der Waals surface area contributed by atoms with Gasteiger partial charge in [-0.15, -0.1) is 15.3 Å². The van der Waals surface area contributed by atoms with E-state index in [2.05, 4.69) is 41.5 Å². The van der Waals surface area contributed by atoms with Crippen LogP contribution in [0.15, 0.2) is 29.1 Å². The smallest absolute Gasteiger partial charge is 0.345 e. The highest BCUT2D eigenvalue weighted by atomic mass is 19.3. The average Bonchev–Trinajstić information content (AvgIpc) is 3.57. The van der Waals surface area contributed by atoms with Gasteiger partial charge in [0.1, 0.15) is 6.54 Å². The van der Waals surface area contributed by atoms with Gasteiger partial charge in [0.2, 0.25) is 17.7 Å². The van der Waals surface area contributed by atoms with E-state index in [9.17, 15) is 13.9 Å². The number of anilines is 1. The van der Waals surface area contributed by atoms with Gasteiger partial charge in [0.05, 0.1) is 30.6 Å². The van der Waals surface area contributed by atoms with Crippen LogP contribution in [0.4, 0.5) is 14.7 Å². The van der Waals surface area contributed by atoms with Crippen molar-refractivity contribution in [2.45, 2.75) is 70.8 Å². The lowest BCUT2D eigenvalue weighted by molar-refractivity contribution is -0.130. The Morgan fingerprint density at radius 2 is 2.03 bits per heavy atom. The zero-order chi connectivity index (χ0) is 25.2. The first-order chi connectivity index (χ1) is 17.4. The van der Waals surface area contributed by atoms with E-state index in [4.69, 9.17) is 4.42 Å². The quantitative estimate of drug-likeness (QED) is 0.354. The van der Waals surface area contributed by atoms with E-state index >= 15 is 0 Å². The maximum absolute atomic E-state index is 12.4. The van der Waals surface area contributed by atoms with Crippen molar-refractivity contribution in [2.24, 2.45) is 0 Å². The van der Waals surface area contributed by atoms with Gasteiger partial charge in [-0.05, 0) is 38.7 Å². The second-order valence-corrected chi connectivity index (χ2v) is 9.15. The zero-order valence-corrected chi connectivity index (χ0v) is 20.0. The van der Waals surface area contributed by atoms with Gasteiger partial charge in [-0.3, -0.25) is 4.68 Å². The number of nitrogens with zero attached hydrogens (tertiary/aromatic N) is 7. The van der Waals surface area contributed by atoms with Crippen molar-refractivity contribution >= 4 is 11.5 Å². The van der Waals surface area contributed by atoms with Crippen LogP contribution in [-0.4, -0.2) is 65.0 Å². The molecule has 0 spiro atoms. The van der Waals surface area contributed by atoms with Gasteiger partial charge in [-0.2, -0.15) is 13.9 Å². The average molecular weight is 503 g/mol. The minimum Gasteiger partial charge on any atom is -0.424 e. The molecule has 1 aliphatic carbocycles. The fourth-order valence-electron chi connectivity index (χ4n) is 4.58. The Kier molecular flexibility index (Phi) is 6.92. The number of aliphatic hydroxyl groups excluding tert-OH is 1. The second-order valence-electron chi connectivity index (χ2n) is 9.15. The lowest BCUT2D eigenvalue weighted by Gasteiger charge is -2.25. The van der Waals surface area contributed by atoms with Crippen molar-refractivity contribution in [3.63, 3.8) is 0 Å². The van der Waals surface area contributed by atoms with Crippen LogP contribution in [0, 0.1) is 6.92 Å². The minimum absolute atomic E-state index is 0.178. The predicted octanol–water partition coefficient (Wildman–Crippen LogP) is 3.39. The van der Waals surface area contributed by atoms with Crippen LogP contribution in [0.25, 0.3) is 16.6 Å². The molecule has 2 N–H and O–H groups in total. The molecule has 36 heavy (non-hydrogen) atoms. The third-order valence-electron chi connectivity index (χ3n) is 6.32. The molecule has 11 nitrogen and oxygen atoms in total. The summed E-state index contributed by atoms with van der Waals surface area (Å²) in [5.74, 6) is 1.49. The van der Waals surface area contributed by atoms with E-state index in [1.54, 1.807) is 30.9 Å². The summed E-state index contributed by atoms with van der Waals surface area (Å²) >= 11 is 0. The van der Waals surface area contributed by atoms with Crippen LogP contribution in [-0.2, 0) is 11.3 Å². The Hall–Kier alpha value is -3.45. The van der Waals surface area contributed by atoms with Crippen LogP contribution >= 0.6 is 0 Å². The molecule has 0 bridgehead atoms. The van der Waals surface area contributed by atoms with Crippen LogP contribution < -0.4 is 5.32 Å². The molecule has 5 rings (SSSR count). The first-order valence-corrected chi connectivity index (χ1v) is 11.9. The highest BCUT2D eigenvalue weighted by Crippen LogP contribution is 2.37. The Bertz CT molecular complexity index is 1310. The number of nitrogens with one attached hydrogen (secondary N) is 1. The molecule has 0 amide bonds. The Morgan fingerprint density at radius 1 is 1.22 bits per heavy atom. The molecule has 0 aliphatic heterocycles. The third-order valence-corrected chi connectivity index (χ3v) is 6.32. The summed E-state index contributed by atoms with van der Waals surface area (Å²) in [4.78, 5) is 4.42.